The molecule has 1 aliphatic carbocycles. The maximum Gasteiger partial charge on any atom is 0.146 e. The largest absolute Gasteiger partial charge is 0.367 e. The van der Waals surface area contributed by atoms with Crippen LogP contribution in [-0.4, -0.2) is 44.2 Å². The molecule has 1 atom stereocenters. The summed E-state index contributed by atoms with van der Waals surface area (Å²) in [6.07, 6.45) is 2.16. The predicted octanol–water partition coefficient (Wildman–Crippen LogP) is 1.96. The molecule has 1 heterocycles. The molecule has 0 radical (unpaired) electrons. The van der Waals surface area contributed by atoms with Crippen molar-refractivity contribution in [1.29, 1.82) is 0 Å². The van der Waals surface area contributed by atoms with Crippen molar-refractivity contribution >= 4 is 5.69 Å². The first kappa shape index (κ1) is 13.8. The molecule has 1 aromatic rings. The zero-order valence-electron chi connectivity index (χ0n) is 12.4. The highest BCUT2D eigenvalue weighted by Gasteiger charge is 2.47. The number of piperazine rings is 1. The third-order valence-corrected chi connectivity index (χ3v) is 5.03. The van der Waals surface area contributed by atoms with Gasteiger partial charge in [-0.2, -0.15) is 0 Å². The van der Waals surface area contributed by atoms with E-state index in [1.807, 2.05) is 13.0 Å². The highest BCUT2D eigenvalue weighted by molar-refractivity contribution is 5.51. The molecule has 0 bridgehead atoms. The Balaban J connectivity index is 1.82. The summed E-state index contributed by atoms with van der Waals surface area (Å²) in [4.78, 5) is 4.42. The van der Waals surface area contributed by atoms with Crippen molar-refractivity contribution in [3.63, 3.8) is 0 Å². The lowest BCUT2D eigenvalue weighted by Gasteiger charge is -2.34. The zero-order chi connectivity index (χ0) is 14.3. The van der Waals surface area contributed by atoms with Gasteiger partial charge >= 0.3 is 0 Å². The first-order valence-corrected chi connectivity index (χ1v) is 7.52. The minimum Gasteiger partial charge on any atom is -0.367 e. The van der Waals surface area contributed by atoms with Crippen molar-refractivity contribution in [3.05, 3.63) is 29.6 Å². The average Bonchev–Trinajstić information content (AvgIpc) is 3.21. The smallest absolute Gasteiger partial charge is 0.146 e. The first-order valence-electron chi connectivity index (χ1n) is 7.52. The third kappa shape index (κ3) is 2.31. The van der Waals surface area contributed by atoms with Crippen molar-refractivity contribution in [2.45, 2.75) is 31.2 Å². The number of hydrogen-bond acceptors (Lipinski definition) is 3. The van der Waals surface area contributed by atoms with Crippen molar-refractivity contribution < 1.29 is 4.39 Å². The lowest BCUT2D eigenvalue weighted by atomic mass is 9.89. The fourth-order valence-corrected chi connectivity index (χ4v) is 3.26. The van der Waals surface area contributed by atoms with Crippen LogP contribution in [0, 0.1) is 5.82 Å². The molecular formula is C16H24FN3. The molecule has 3 rings (SSSR count). The van der Waals surface area contributed by atoms with Crippen LogP contribution in [0.15, 0.2) is 18.2 Å². The van der Waals surface area contributed by atoms with E-state index in [4.69, 9.17) is 5.73 Å². The summed E-state index contributed by atoms with van der Waals surface area (Å²) < 4.78 is 14.5. The van der Waals surface area contributed by atoms with Crippen molar-refractivity contribution in [3.8, 4) is 0 Å². The van der Waals surface area contributed by atoms with Crippen LogP contribution in [0.4, 0.5) is 10.1 Å². The van der Waals surface area contributed by atoms with Gasteiger partial charge in [0, 0.05) is 37.6 Å². The molecule has 3 nitrogen and oxygen atoms in total. The van der Waals surface area contributed by atoms with Gasteiger partial charge in [-0.25, -0.2) is 4.39 Å². The minimum atomic E-state index is -0.0982. The second-order valence-electron chi connectivity index (χ2n) is 6.40. The van der Waals surface area contributed by atoms with Gasteiger partial charge in [0.2, 0.25) is 0 Å². The van der Waals surface area contributed by atoms with E-state index in [0.717, 1.165) is 50.3 Å². The normalized spacial score (nSPS) is 23.7. The number of likely N-dealkylation sites (N-methyl/N-ethyl adjacent to an activating group) is 1. The second-order valence-corrected chi connectivity index (χ2v) is 6.40. The van der Waals surface area contributed by atoms with Crippen LogP contribution in [0.3, 0.4) is 0 Å². The van der Waals surface area contributed by atoms with E-state index in [9.17, 15) is 4.39 Å². The van der Waals surface area contributed by atoms with Gasteiger partial charge in [0.15, 0.2) is 0 Å². The van der Waals surface area contributed by atoms with E-state index in [0.29, 0.717) is 0 Å². The standard InChI is InChI=1S/C16H24FN3/c1-12(18)16(5-6-16)13-3-4-15(14(17)11-13)20-9-7-19(2)8-10-20/h3-4,11-12H,5-10,18H2,1-2H3. The molecule has 1 saturated heterocycles. The zero-order valence-corrected chi connectivity index (χ0v) is 12.4. The summed E-state index contributed by atoms with van der Waals surface area (Å²) in [6, 6.07) is 5.83. The van der Waals surface area contributed by atoms with Crippen molar-refractivity contribution in [1.82, 2.24) is 4.90 Å². The van der Waals surface area contributed by atoms with Crippen LogP contribution in [-0.2, 0) is 5.41 Å². The number of hydrogen-bond donors (Lipinski definition) is 1. The Labute approximate surface area is 120 Å². The molecule has 0 aromatic heterocycles. The SMILES string of the molecule is CC(N)C1(c2ccc(N3CCN(C)CC3)c(F)c2)CC1. The Morgan fingerprint density at radius 3 is 2.35 bits per heavy atom. The molecule has 1 saturated carbocycles. The van der Waals surface area contributed by atoms with E-state index in [1.54, 1.807) is 6.07 Å². The number of halogens is 1. The van der Waals surface area contributed by atoms with Gasteiger partial charge in [0.25, 0.3) is 0 Å². The highest BCUT2D eigenvalue weighted by atomic mass is 19.1. The van der Waals surface area contributed by atoms with Crippen molar-refractivity contribution in [2.24, 2.45) is 5.73 Å². The third-order valence-electron chi connectivity index (χ3n) is 5.03. The summed E-state index contributed by atoms with van der Waals surface area (Å²) in [5, 5.41) is 0. The molecule has 4 heteroatoms. The van der Waals surface area contributed by atoms with Gasteiger partial charge in [-0.05, 0) is 44.5 Å². The van der Waals surface area contributed by atoms with Gasteiger partial charge in [0.1, 0.15) is 5.82 Å². The predicted molar refractivity (Wildman–Crippen MR) is 80.7 cm³/mol. The Bertz CT molecular complexity index is 488. The number of nitrogens with zero attached hydrogens (tertiary/aromatic N) is 2. The highest BCUT2D eigenvalue weighted by Crippen LogP contribution is 2.50. The summed E-state index contributed by atoms with van der Waals surface area (Å²) in [6.45, 7) is 5.80. The van der Waals surface area contributed by atoms with Gasteiger partial charge in [-0.1, -0.05) is 6.07 Å². The van der Waals surface area contributed by atoms with Crippen molar-refractivity contribution in [2.75, 3.05) is 38.1 Å². The molecule has 1 aromatic carbocycles. The Kier molecular flexibility index (Phi) is 3.46. The van der Waals surface area contributed by atoms with Crippen LogP contribution in [0.5, 0.6) is 0 Å². The Hall–Kier alpha value is -1.13. The van der Waals surface area contributed by atoms with Gasteiger partial charge < -0.3 is 15.5 Å². The lowest BCUT2D eigenvalue weighted by Crippen LogP contribution is -2.44. The van der Waals surface area contributed by atoms with Crippen LogP contribution in [0.25, 0.3) is 0 Å². The maximum absolute atomic E-state index is 14.5. The molecule has 2 aliphatic rings. The minimum absolute atomic E-state index is 0.0293. The maximum atomic E-state index is 14.5. The quantitative estimate of drug-likeness (QED) is 0.916. The number of anilines is 1. The second kappa shape index (κ2) is 5.01. The van der Waals surface area contributed by atoms with Crippen LogP contribution < -0.4 is 10.6 Å². The average molecular weight is 277 g/mol. The monoisotopic (exact) mass is 277 g/mol. The van der Waals surface area contributed by atoms with E-state index in [1.165, 1.54) is 0 Å². The molecule has 1 unspecified atom stereocenters. The van der Waals surface area contributed by atoms with E-state index in [-0.39, 0.29) is 17.3 Å². The number of benzene rings is 1. The molecule has 1 aliphatic heterocycles. The Morgan fingerprint density at radius 1 is 1.20 bits per heavy atom. The molecule has 20 heavy (non-hydrogen) atoms. The summed E-state index contributed by atoms with van der Waals surface area (Å²) >= 11 is 0. The fraction of sp³-hybridized carbons (Fsp3) is 0.625. The molecule has 2 fully saturated rings. The molecule has 0 amide bonds. The van der Waals surface area contributed by atoms with Gasteiger partial charge in [-0.15, -0.1) is 0 Å². The summed E-state index contributed by atoms with van der Waals surface area (Å²) in [5.41, 5.74) is 7.91. The van der Waals surface area contributed by atoms with E-state index < -0.39 is 0 Å². The molecule has 110 valence electrons. The van der Waals surface area contributed by atoms with Gasteiger partial charge in [0.05, 0.1) is 5.69 Å². The number of rotatable bonds is 3. The first-order chi connectivity index (χ1) is 9.53. The fourth-order valence-electron chi connectivity index (χ4n) is 3.26. The van der Waals surface area contributed by atoms with E-state index in [2.05, 4.69) is 22.9 Å². The van der Waals surface area contributed by atoms with Gasteiger partial charge in [-0.3, -0.25) is 0 Å². The van der Waals surface area contributed by atoms with Crippen LogP contribution in [0.1, 0.15) is 25.3 Å². The molecular weight excluding hydrogens is 253 g/mol. The Morgan fingerprint density at radius 2 is 1.85 bits per heavy atom. The summed E-state index contributed by atoms with van der Waals surface area (Å²) in [7, 11) is 2.11. The van der Waals surface area contributed by atoms with Crippen LogP contribution in [0.2, 0.25) is 0 Å². The topological polar surface area (TPSA) is 32.5 Å². The summed E-state index contributed by atoms with van der Waals surface area (Å²) in [5.74, 6) is -0.0982. The lowest BCUT2D eigenvalue weighted by molar-refractivity contribution is 0.311. The molecule has 0 spiro atoms. The van der Waals surface area contributed by atoms with E-state index >= 15 is 0 Å². The number of nitrogens with two attached hydrogens (primary N) is 1. The molecule has 2 N–H and O–H groups in total. The van der Waals surface area contributed by atoms with Crippen LogP contribution >= 0.6 is 0 Å².